The Balaban J connectivity index is 2.35. The van der Waals surface area contributed by atoms with E-state index in [4.69, 9.17) is 0 Å². The van der Waals surface area contributed by atoms with Crippen molar-refractivity contribution in [1.82, 2.24) is 0 Å². The van der Waals surface area contributed by atoms with Gasteiger partial charge in [-0.25, -0.2) is 8.42 Å². The predicted octanol–water partition coefficient (Wildman–Crippen LogP) is 2.58. The van der Waals surface area contributed by atoms with E-state index in [0.29, 0.717) is 11.7 Å². The fraction of sp³-hybridized carbons (Fsp3) is 0.538. The summed E-state index contributed by atoms with van der Waals surface area (Å²) in [5.41, 5.74) is 2.77. The van der Waals surface area contributed by atoms with Gasteiger partial charge in [-0.1, -0.05) is 12.1 Å². The third-order valence-electron chi connectivity index (χ3n) is 3.26. The summed E-state index contributed by atoms with van der Waals surface area (Å²) in [6, 6.07) is 6.13. The first-order valence-corrected chi connectivity index (χ1v) is 7.85. The Labute approximate surface area is 109 Å². The Bertz CT molecular complexity index is 538. The van der Waals surface area contributed by atoms with Gasteiger partial charge in [0.1, 0.15) is 0 Å². The van der Waals surface area contributed by atoms with Gasteiger partial charge in [0.2, 0.25) is 10.0 Å². The average Bonchev–Trinajstić information content (AvgIpc) is 2.29. The molecule has 1 aliphatic rings. The van der Waals surface area contributed by atoms with Crippen molar-refractivity contribution in [1.29, 1.82) is 0 Å². The van der Waals surface area contributed by atoms with Gasteiger partial charge in [0, 0.05) is 6.04 Å². The van der Waals surface area contributed by atoms with Crippen LogP contribution in [0.3, 0.4) is 0 Å². The van der Waals surface area contributed by atoms with Gasteiger partial charge in [0.15, 0.2) is 0 Å². The molecule has 0 saturated heterocycles. The van der Waals surface area contributed by atoms with Crippen LogP contribution < -0.4 is 10.0 Å². The maximum atomic E-state index is 11.9. The molecule has 1 heterocycles. The van der Waals surface area contributed by atoms with Crippen LogP contribution >= 0.6 is 0 Å². The number of anilines is 2. The van der Waals surface area contributed by atoms with Gasteiger partial charge in [-0.3, -0.25) is 4.72 Å². The molecule has 0 radical (unpaired) electrons. The van der Waals surface area contributed by atoms with E-state index < -0.39 is 15.3 Å². The van der Waals surface area contributed by atoms with Crippen molar-refractivity contribution in [2.24, 2.45) is 0 Å². The highest BCUT2D eigenvalue weighted by atomic mass is 32.2. The lowest BCUT2D eigenvalue weighted by Crippen LogP contribution is -2.26. The minimum Gasteiger partial charge on any atom is -0.381 e. The lowest BCUT2D eigenvalue weighted by Gasteiger charge is -2.27. The van der Waals surface area contributed by atoms with Gasteiger partial charge in [0.05, 0.1) is 16.6 Å². The zero-order valence-corrected chi connectivity index (χ0v) is 11.8. The highest BCUT2D eigenvalue weighted by Gasteiger charge is 2.21. The molecule has 5 heteroatoms. The third kappa shape index (κ3) is 2.61. The monoisotopic (exact) mass is 268 g/mol. The number of sulfonamides is 1. The number of para-hydroxylation sites is 1. The molecule has 1 atom stereocenters. The molecule has 100 valence electrons. The Morgan fingerprint density at radius 2 is 2.11 bits per heavy atom. The van der Waals surface area contributed by atoms with Crippen molar-refractivity contribution in [3.05, 3.63) is 23.8 Å². The summed E-state index contributed by atoms with van der Waals surface area (Å²) in [5.74, 6) is 0. The van der Waals surface area contributed by atoms with Crippen molar-refractivity contribution >= 4 is 21.4 Å². The first kappa shape index (κ1) is 13.2. The maximum Gasteiger partial charge on any atom is 0.235 e. The SMILES string of the molecule is CC1CCc2cccc(NS(=O)(=O)C(C)C)c2N1. The van der Waals surface area contributed by atoms with Crippen LogP contribution in [0.2, 0.25) is 0 Å². The Morgan fingerprint density at radius 3 is 2.78 bits per heavy atom. The summed E-state index contributed by atoms with van der Waals surface area (Å²) in [6.45, 7) is 5.46. The Kier molecular flexibility index (Phi) is 3.52. The van der Waals surface area contributed by atoms with Crippen molar-refractivity contribution in [2.45, 2.75) is 44.9 Å². The predicted molar refractivity (Wildman–Crippen MR) is 75.5 cm³/mol. The normalized spacial score (nSPS) is 19.2. The number of hydrogen-bond acceptors (Lipinski definition) is 3. The number of hydrogen-bond donors (Lipinski definition) is 2. The van der Waals surface area contributed by atoms with Crippen LogP contribution in [0, 0.1) is 0 Å². The molecule has 1 aromatic rings. The van der Waals surface area contributed by atoms with Gasteiger partial charge in [0.25, 0.3) is 0 Å². The molecule has 0 aromatic heterocycles. The minimum atomic E-state index is -3.29. The third-order valence-corrected chi connectivity index (χ3v) is 5.01. The highest BCUT2D eigenvalue weighted by molar-refractivity contribution is 7.93. The Hall–Kier alpha value is -1.23. The fourth-order valence-corrected chi connectivity index (χ4v) is 2.74. The van der Waals surface area contributed by atoms with Crippen molar-refractivity contribution in [3.8, 4) is 0 Å². The molecule has 4 nitrogen and oxygen atoms in total. The second-order valence-electron chi connectivity index (χ2n) is 5.12. The van der Waals surface area contributed by atoms with Crippen LogP contribution in [0.15, 0.2) is 18.2 Å². The zero-order chi connectivity index (χ0) is 13.3. The average molecular weight is 268 g/mol. The van der Waals surface area contributed by atoms with E-state index in [1.807, 2.05) is 18.2 Å². The molecule has 0 fully saturated rings. The van der Waals surface area contributed by atoms with E-state index in [1.54, 1.807) is 13.8 Å². The number of benzene rings is 1. The van der Waals surface area contributed by atoms with E-state index in [2.05, 4.69) is 17.0 Å². The first-order chi connectivity index (χ1) is 8.40. The first-order valence-electron chi connectivity index (χ1n) is 6.30. The van der Waals surface area contributed by atoms with Gasteiger partial charge < -0.3 is 5.32 Å². The molecule has 0 bridgehead atoms. The van der Waals surface area contributed by atoms with Crippen molar-refractivity contribution in [3.63, 3.8) is 0 Å². The van der Waals surface area contributed by atoms with Gasteiger partial charge >= 0.3 is 0 Å². The van der Waals surface area contributed by atoms with Gasteiger partial charge in [-0.2, -0.15) is 0 Å². The van der Waals surface area contributed by atoms with Gasteiger partial charge in [-0.15, -0.1) is 0 Å². The van der Waals surface area contributed by atoms with Crippen molar-refractivity contribution < 1.29 is 8.42 Å². The number of rotatable bonds is 3. The summed E-state index contributed by atoms with van der Waals surface area (Å²) in [4.78, 5) is 0. The molecule has 1 aromatic carbocycles. The maximum absolute atomic E-state index is 11.9. The summed E-state index contributed by atoms with van der Waals surface area (Å²) in [6.07, 6.45) is 2.06. The summed E-state index contributed by atoms with van der Waals surface area (Å²) >= 11 is 0. The van der Waals surface area contributed by atoms with E-state index >= 15 is 0 Å². The standard InChI is InChI=1S/C13H20N2O2S/c1-9(2)18(16,17)15-12-6-4-5-11-8-7-10(3)14-13(11)12/h4-6,9-10,14-15H,7-8H2,1-3H3. The molecule has 1 unspecified atom stereocenters. The number of nitrogens with one attached hydrogen (secondary N) is 2. The molecular weight excluding hydrogens is 248 g/mol. The highest BCUT2D eigenvalue weighted by Crippen LogP contribution is 2.32. The van der Waals surface area contributed by atoms with E-state index in [9.17, 15) is 8.42 Å². The molecule has 2 N–H and O–H groups in total. The summed E-state index contributed by atoms with van der Waals surface area (Å²) < 4.78 is 26.5. The smallest absolute Gasteiger partial charge is 0.235 e. The van der Waals surface area contributed by atoms with Crippen LogP contribution in [-0.4, -0.2) is 19.7 Å². The fourth-order valence-electron chi connectivity index (χ4n) is 2.03. The largest absolute Gasteiger partial charge is 0.381 e. The van der Waals surface area contributed by atoms with Crippen LogP contribution in [0.5, 0.6) is 0 Å². The second-order valence-corrected chi connectivity index (χ2v) is 7.36. The molecular formula is C13H20N2O2S. The molecule has 0 spiro atoms. The van der Waals surface area contributed by atoms with Crippen LogP contribution in [0.25, 0.3) is 0 Å². The lowest BCUT2D eigenvalue weighted by molar-refractivity contribution is 0.592. The molecule has 0 aliphatic carbocycles. The topological polar surface area (TPSA) is 58.2 Å². The second kappa shape index (κ2) is 4.80. The van der Waals surface area contributed by atoms with Crippen molar-refractivity contribution in [2.75, 3.05) is 10.0 Å². The Morgan fingerprint density at radius 1 is 1.39 bits per heavy atom. The molecule has 18 heavy (non-hydrogen) atoms. The zero-order valence-electron chi connectivity index (χ0n) is 11.0. The van der Waals surface area contributed by atoms with Crippen LogP contribution in [0.1, 0.15) is 32.8 Å². The van der Waals surface area contributed by atoms with Crippen LogP contribution in [-0.2, 0) is 16.4 Å². The van der Waals surface area contributed by atoms with E-state index in [-0.39, 0.29) is 0 Å². The number of fused-ring (bicyclic) bond motifs is 1. The quantitative estimate of drug-likeness (QED) is 0.886. The minimum absolute atomic E-state index is 0.377. The molecule has 2 rings (SSSR count). The lowest BCUT2D eigenvalue weighted by atomic mass is 9.98. The summed E-state index contributed by atoms with van der Waals surface area (Å²) in [5, 5.41) is 2.93. The number of aryl methyl sites for hydroxylation is 1. The van der Waals surface area contributed by atoms with E-state index in [0.717, 1.165) is 18.5 Å². The molecule has 0 amide bonds. The van der Waals surface area contributed by atoms with E-state index in [1.165, 1.54) is 5.56 Å². The van der Waals surface area contributed by atoms with Crippen LogP contribution in [0.4, 0.5) is 11.4 Å². The summed E-state index contributed by atoms with van der Waals surface area (Å²) in [7, 11) is -3.29. The molecule has 1 aliphatic heterocycles. The van der Waals surface area contributed by atoms with Gasteiger partial charge in [-0.05, 0) is 45.2 Å². The molecule has 0 saturated carbocycles.